The van der Waals surface area contributed by atoms with Gasteiger partial charge < -0.3 is 14.8 Å². The largest absolute Gasteiger partial charge is 1.00 e. The van der Waals surface area contributed by atoms with Gasteiger partial charge in [0, 0.05) is 13.5 Å². The second kappa shape index (κ2) is 10.7. The molecule has 0 saturated heterocycles. The minimum absolute atomic E-state index is 0. The smallest absolute Gasteiger partial charge is 0.548 e. The Morgan fingerprint density at radius 2 is 1.71 bits per heavy atom. The summed E-state index contributed by atoms with van der Waals surface area (Å²) >= 11 is 0. The standard InChI is InChI=1S/C12H23NO3.Li/c1-4-5-6-7-8-9-11(14)13(3)10(2)12(15)16;/h10H,4-9H2,1-3H3,(H,15,16);/q;+1/p-1. The zero-order valence-electron chi connectivity index (χ0n) is 11.5. The summed E-state index contributed by atoms with van der Waals surface area (Å²) in [6.07, 6.45) is 5.81. The van der Waals surface area contributed by atoms with E-state index in [1.165, 1.54) is 31.7 Å². The molecule has 94 valence electrons. The summed E-state index contributed by atoms with van der Waals surface area (Å²) in [5.74, 6) is -1.32. The molecule has 0 aliphatic rings. The van der Waals surface area contributed by atoms with Gasteiger partial charge in [-0.2, -0.15) is 0 Å². The Bertz CT molecular complexity index is 234. The van der Waals surface area contributed by atoms with E-state index >= 15 is 0 Å². The molecule has 5 heteroatoms. The van der Waals surface area contributed by atoms with Crippen LogP contribution < -0.4 is 24.0 Å². The summed E-state index contributed by atoms with van der Waals surface area (Å²) in [5, 5.41) is 10.6. The number of likely N-dealkylation sites (N-methyl/N-ethyl adjacent to an activating group) is 1. The van der Waals surface area contributed by atoms with Crippen molar-refractivity contribution in [2.75, 3.05) is 7.05 Å². The van der Waals surface area contributed by atoms with Crippen molar-refractivity contribution in [1.29, 1.82) is 0 Å². The quantitative estimate of drug-likeness (QED) is 0.359. The van der Waals surface area contributed by atoms with E-state index in [2.05, 4.69) is 6.92 Å². The first-order valence-corrected chi connectivity index (χ1v) is 5.97. The van der Waals surface area contributed by atoms with Gasteiger partial charge in [-0.05, 0) is 13.3 Å². The Hall–Kier alpha value is -0.463. The van der Waals surface area contributed by atoms with Crippen molar-refractivity contribution < 1.29 is 33.6 Å². The first-order chi connectivity index (χ1) is 7.50. The first kappa shape index (κ1) is 18.9. The molecule has 0 aromatic carbocycles. The molecule has 17 heavy (non-hydrogen) atoms. The van der Waals surface area contributed by atoms with E-state index in [0.29, 0.717) is 6.42 Å². The van der Waals surface area contributed by atoms with Crippen LogP contribution >= 0.6 is 0 Å². The fraction of sp³-hybridized carbons (Fsp3) is 0.833. The minimum atomic E-state index is -1.21. The van der Waals surface area contributed by atoms with Crippen molar-refractivity contribution in [2.45, 2.75) is 58.4 Å². The number of hydrogen-bond donors (Lipinski definition) is 0. The molecule has 0 aromatic heterocycles. The zero-order chi connectivity index (χ0) is 12.6. The molecule has 0 aromatic rings. The molecule has 0 saturated carbocycles. The van der Waals surface area contributed by atoms with Gasteiger partial charge in [0.05, 0.1) is 12.0 Å². The van der Waals surface area contributed by atoms with Crippen LogP contribution in [0.2, 0.25) is 0 Å². The maximum Gasteiger partial charge on any atom is 1.00 e. The summed E-state index contributed by atoms with van der Waals surface area (Å²) in [5.41, 5.74) is 0. The van der Waals surface area contributed by atoms with Crippen molar-refractivity contribution in [3.8, 4) is 0 Å². The number of carbonyl (C=O) groups excluding carboxylic acids is 2. The number of rotatable bonds is 8. The Labute approximate surface area is 116 Å². The third-order valence-corrected chi connectivity index (χ3v) is 2.81. The Balaban J connectivity index is 0. The van der Waals surface area contributed by atoms with Crippen molar-refractivity contribution >= 4 is 11.9 Å². The van der Waals surface area contributed by atoms with Crippen molar-refractivity contribution in [3.63, 3.8) is 0 Å². The second-order valence-electron chi connectivity index (χ2n) is 4.16. The molecule has 1 unspecified atom stereocenters. The number of carboxylic acid groups (broad SMARTS) is 1. The van der Waals surface area contributed by atoms with Gasteiger partial charge in [0.15, 0.2) is 0 Å². The molecule has 0 spiro atoms. The summed E-state index contributed by atoms with van der Waals surface area (Å²) in [6.45, 7) is 3.60. The van der Waals surface area contributed by atoms with Crippen LogP contribution in [0.25, 0.3) is 0 Å². The van der Waals surface area contributed by atoms with Crippen LogP contribution in [-0.2, 0) is 9.59 Å². The third-order valence-electron chi connectivity index (χ3n) is 2.81. The average Bonchev–Trinajstić information content (AvgIpc) is 2.26. The van der Waals surface area contributed by atoms with E-state index in [1.807, 2.05) is 0 Å². The molecule has 0 aliphatic heterocycles. The fourth-order valence-corrected chi connectivity index (χ4v) is 1.43. The number of amides is 1. The van der Waals surface area contributed by atoms with E-state index in [1.54, 1.807) is 0 Å². The maximum absolute atomic E-state index is 11.6. The number of hydrogen-bond acceptors (Lipinski definition) is 3. The van der Waals surface area contributed by atoms with Crippen LogP contribution in [0.15, 0.2) is 0 Å². The Morgan fingerprint density at radius 3 is 2.18 bits per heavy atom. The van der Waals surface area contributed by atoms with Crippen molar-refractivity contribution in [1.82, 2.24) is 4.90 Å². The maximum atomic E-state index is 11.6. The fourth-order valence-electron chi connectivity index (χ4n) is 1.43. The molecule has 0 N–H and O–H groups in total. The van der Waals surface area contributed by atoms with Gasteiger partial charge in [0.1, 0.15) is 0 Å². The van der Waals surface area contributed by atoms with Crippen molar-refractivity contribution in [2.24, 2.45) is 0 Å². The summed E-state index contributed by atoms with van der Waals surface area (Å²) in [4.78, 5) is 23.4. The van der Waals surface area contributed by atoms with Gasteiger partial charge in [-0.3, -0.25) is 4.79 Å². The normalized spacial score (nSPS) is 11.5. The first-order valence-electron chi connectivity index (χ1n) is 5.97. The monoisotopic (exact) mass is 235 g/mol. The molecule has 4 nitrogen and oxygen atoms in total. The van der Waals surface area contributed by atoms with Crippen LogP contribution in [0.4, 0.5) is 0 Å². The average molecular weight is 235 g/mol. The van der Waals surface area contributed by atoms with Crippen molar-refractivity contribution in [3.05, 3.63) is 0 Å². The van der Waals surface area contributed by atoms with Gasteiger partial charge in [-0.15, -0.1) is 0 Å². The molecular formula is C12H22LiNO3. The molecule has 0 fully saturated rings. The van der Waals surface area contributed by atoms with E-state index in [9.17, 15) is 14.7 Å². The minimum Gasteiger partial charge on any atom is -0.548 e. The SMILES string of the molecule is CCCCCCCC(=O)N(C)C(C)C(=O)[O-].[Li+]. The molecule has 0 bridgehead atoms. The van der Waals surface area contributed by atoms with Crippen LogP contribution in [0.5, 0.6) is 0 Å². The third kappa shape index (κ3) is 8.29. The Kier molecular flexibility index (Phi) is 11.9. The molecule has 0 heterocycles. The topological polar surface area (TPSA) is 60.4 Å². The number of carboxylic acids is 1. The number of unbranched alkanes of at least 4 members (excludes halogenated alkanes) is 4. The van der Waals surface area contributed by atoms with Crippen LogP contribution in [0.1, 0.15) is 52.4 Å². The predicted molar refractivity (Wildman–Crippen MR) is 60.6 cm³/mol. The molecule has 0 rings (SSSR count). The van der Waals surface area contributed by atoms with Crippen LogP contribution in [0, 0.1) is 0 Å². The Morgan fingerprint density at radius 1 is 1.18 bits per heavy atom. The van der Waals surface area contributed by atoms with Gasteiger partial charge in [-0.1, -0.05) is 32.6 Å². The van der Waals surface area contributed by atoms with Crippen LogP contribution in [0.3, 0.4) is 0 Å². The number of carbonyl (C=O) groups is 2. The van der Waals surface area contributed by atoms with Gasteiger partial charge >= 0.3 is 18.9 Å². The summed E-state index contributed by atoms with van der Waals surface area (Å²) < 4.78 is 0. The van der Waals surface area contributed by atoms with E-state index < -0.39 is 12.0 Å². The number of aliphatic carboxylic acids is 1. The predicted octanol–water partition coefficient (Wildman–Crippen LogP) is -2.05. The summed E-state index contributed by atoms with van der Waals surface area (Å²) in [7, 11) is 1.51. The zero-order valence-corrected chi connectivity index (χ0v) is 11.5. The van der Waals surface area contributed by atoms with E-state index in [4.69, 9.17) is 0 Å². The molecule has 1 amide bonds. The van der Waals surface area contributed by atoms with Crippen LogP contribution in [-0.4, -0.2) is 29.9 Å². The molecule has 0 aliphatic carbocycles. The number of nitrogens with zero attached hydrogens (tertiary/aromatic N) is 1. The molecule has 0 radical (unpaired) electrons. The molecule has 1 atom stereocenters. The molecular weight excluding hydrogens is 213 g/mol. The van der Waals surface area contributed by atoms with Gasteiger partial charge in [-0.25, -0.2) is 0 Å². The van der Waals surface area contributed by atoms with Gasteiger partial charge in [0.2, 0.25) is 5.91 Å². The van der Waals surface area contributed by atoms with E-state index in [-0.39, 0.29) is 24.8 Å². The second-order valence-corrected chi connectivity index (χ2v) is 4.16. The summed E-state index contributed by atoms with van der Waals surface area (Å²) in [6, 6.07) is -0.844. The van der Waals surface area contributed by atoms with Gasteiger partial charge in [0.25, 0.3) is 0 Å². The van der Waals surface area contributed by atoms with E-state index in [0.717, 1.165) is 19.3 Å².